The number of rotatable bonds is 5. The van der Waals surface area contributed by atoms with Crippen molar-refractivity contribution >= 4 is 29.1 Å². The Morgan fingerprint density at radius 3 is 2.75 bits per heavy atom. The maximum Gasteiger partial charge on any atom is 0.416 e. The molecule has 0 aliphatic carbocycles. The van der Waals surface area contributed by atoms with Crippen molar-refractivity contribution in [3.63, 3.8) is 0 Å². The Labute approximate surface area is 143 Å². The highest BCUT2D eigenvalue weighted by Gasteiger charge is 2.35. The van der Waals surface area contributed by atoms with Crippen LogP contribution in [0.4, 0.5) is 18.9 Å². The largest absolute Gasteiger partial charge is 0.416 e. The standard InChI is InChI=1S/C16H18ClF3N2O2/c1-2-3-6-22-9-10(7-14(22)23)15(24)21-13-8-11(16(18,19)20)4-5-12(13)17/h4-5,8,10H,2-3,6-7,9H2,1H3,(H,21,24). The Morgan fingerprint density at radius 2 is 2.12 bits per heavy atom. The van der Waals surface area contributed by atoms with Crippen LogP contribution in [0.15, 0.2) is 18.2 Å². The van der Waals surface area contributed by atoms with Crippen molar-refractivity contribution in [2.45, 2.75) is 32.4 Å². The fourth-order valence-corrected chi connectivity index (χ4v) is 2.71. The Morgan fingerprint density at radius 1 is 1.42 bits per heavy atom. The molecule has 1 heterocycles. The Kier molecular flexibility index (Phi) is 5.74. The second-order valence-electron chi connectivity index (χ2n) is 5.78. The SMILES string of the molecule is CCCCN1CC(C(=O)Nc2cc(C(F)(F)F)ccc2Cl)CC1=O. The highest BCUT2D eigenvalue weighted by Crippen LogP contribution is 2.34. The first-order valence-corrected chi connectivity index (χ1v) is 8.05. The van der Waals surface area contributed by atoms with Gasteiger partial charge in [-0.05, 0) is 24.6 Å². The summed E-state index contributed by atoms with van der Waals surface area (Å²) in [6, 6.07) is 2.74. The number of alkyl halides is 3. The molecule has 0 spiro atoms. The van der Waals surface area contributed by atoms with E-state index in [-0.39, 0.29) is 29.6 Å². The number of unbranched alkanes of at least 4 members (excludes halogenated alkanes) is 1. The van der Waals surface area contributed by atoms with E-state index in [1.165, 1.54) is 0 Å². The molecule has 0 bridgehead atoms. The summed E-state index contributed by atoms with van der Waals surface area (Å²) in [5.41, 5.74) is -0.995. The molecule has 0 aromatic heterocycles. The molecule has 2 amide bonds. The van der Waals surface area contributed by atoms with Crippen molar-refractivity contribution in [3.05, 3.63) is 28.8 Å². The molecular weight excluding hydrogens is 345 g/mol. The van der Waals surface area contributed by atoms with Crippen molar-refractivity contribution < 1.29 is 22.8 Å². The van der Waals surface area contributed by atoms with Gasteiger partial charge in [-0.3, -0.25) is 9.59 Å². The summed E-state index contributed by atoms with van der Waals surface area (Å²) in [7, 11) is 0. The smallest absolute Gasteiger partial charge is 0.342 e. The summed E-state index contributed by atoms with van der Waals surface area (Å²) >= 11 is 5.86. The molecule has 1 N–H and O–H groups in total. The van der Waals surface area contributed by atoms with Gasteiger partial charge in [0.1, 0.15) is 0 Å². The first kappa shape index (κ1) is 18.6. The van der Waals surface area contributed by atoms with Crippen molar-refractivity contribution in [2.24, 2.45) is 5.92 Å². The predicted molar refractivity (Wildman–Crippen MR) is 84.7 cm³/mol. The maximum absolute atomic E-state index is 12.8. The van der Waals surface area contributed by atoms with Crippen LogP contribution in [0.1, 0.15) is 31.7 Å². The molecule has 4 nitrogen and oxygen atoms in total. The van der Waals surface area contributed by atoms with Crippen molar-refractivity contribution in [1.82, 2.24) is 4.90 Å². The number of likely N-dealkylation sites (tertiary alicyclic amines) is 1. The number of hydrogen-bond donors (Lipinski definition) is 1. The molecule has 1 aromatic rings. The summed E-state index contributed by atoms with van der Waals surface area (Å²) in [5.74, 6) is -1.19. The number of amides is 2. The zero-order valence-electron chi connectivity index (χ0n) is 13.1. The minimum atomic E-state index is -4.52. The lowest BCUT2D eigenvalue weighted by molar-refractivity contribution is -0.137. The normalized spacial score (nSPS) is 18.1. The average Bonchev–Trinajstić information content (AvgIpc) is 2.87. The van der Waals surface area contributed by atoms with E-state index in [1.807, 2.05) is 6.92 Å². The number of benzene rings is 1. The summed E-state index contributed by atoms with van der Waals surface area (Å²) < 4.78 is 38.3. The topological polar surface area (TPSA) is 49.4 Å². The fourth-order valence-electron chi connectivity index (χ4n) is 2.55. The highest BCUT2D eigenvalue weighted by molar-refractivity contribution is 6.33. The Balaban J connectivity index is 2.06. The second-order valence-corrected chi connectivity index (χ2v) is 6.18. The molecule has 0 radical (unpaired) electrons. The molecule has 1 aliphatic heterocycles. The van der Waals surface area contributed by atoms with E-state index < -0.39 is 23.6 Å². The molecule has 0 saturated carbocycles. The molecule has 1 aromatic carbocycles. The van der Waals surface area contributed by atoms with Crippen LogP contribution in [-0.4, -0.2) is 29.8 Å². The number of carbonyl (C=O) groups is 2. The van der Waals surface area contributed by atoms with Gasteiger partial charge in [0.05, 0.1) is 22.2 Å². The molecular formula is C16H18ClF3N2O2. The summed E-state index contributed by atoms with van der Waals surface area (Å²) in [6.07, 6.45) is -2.68. The van der Waals surface area contributed by atoms with Crippen LogP contribution >= 0.6 is 11.6 Å². The monoisotopic (exact) mass is 362 g/mol. The molecule has 1 fully saturated rings. The number of carbonyl (C=O) groups excluding carboxylic acids is 2. The lowest BCUT2D eigenvalue weighted by atomic mass is 10.1. The van der Waals surface area contributed by atoms with Crippen LogP contribution in [0.2, 0.25) is 5.02 Å². The van der Waals surface area contributed by atoms with Crippen molar-refractivity contribution in [1.29, 1.82) is 0 Å². The summed E-state index contributed by atoms with van der Waals surface area (Å²) in [6.45, 7) is 2.87. The maximum atomic E-state index is 12.8. The van der Waals surface area contributed by atoms with Crippen molar-refractivity contribution in [2.75, 3.05) is 18.4 Å². The average molecular weight is 363 g/mol. The van der Waals surface area contributed by atoms with Crippen LogP contribution in [0.5, 0.6) is 0 Å². The number of nitrogens with zero attached hydrogens (tertiary/aromatic N) is 1. The van der Waals surface area contributed by atoms with Crippen LogP contribution in [0, 0.1) is 5.92 Å². The van der Waals surface area contributed by atoms with Gasteiger partial charge in [0.25, 0.3) is 0 Å². The Bertz CT molecular complexity index is 634. The lowest BCUT2D eigenvalue weighted by Crippen LogP contribution is -2.29. The molecule has 24 heavy (non-hydrogen) atoms. The van der Waals surface area contributed by atoms with Gasteiger partial charge >= 0.3 is 6.18 Å². The third-order valence-electron chi connectivity index (χ3n) is 3.92. The zero-order chi connectivity index (χ0) is 17.9. The lowest BCUT2D eigenvalue weighted by Gasteiger charge is -2.16. The summed E-state index contributed by atoms with van der Waals surface area (Å²) in [5, 5.41) is 2.43. The van der Waals surface area contributed by atoms with E-state index in [2.05, 4.69) is 5.32 Å². The highest BCUT2D eigenvalue weighted by atomic mass is 35.5. The van der Waals surface area contributed by atoms with Gasteiger partial charge in [0.2, 0.25) is 11.8 Å². The minimum absolute atomic E-state index is 0.0171. The zero-order valence-corrected chi connectivity index (χ0v) is 13.9. The van der Waals surface area contributed by atoms with E-state index in [4.69, 9.17) is 11.6 Å². The first-order chi connectivity index (χ1) is 11.2. The third-order valence-corrected chi connectivity index (χ3v) is 4.25. The van der Waals surface area contributed by atoms with Gasteiger partial charge in [0.15, 0.2) is 0 Å². The number of halogens is 4. The molecule has 1 atom stereocenters. The second kappa shape index (κ2) is 7.42. The molecule has 1 aliphatic rings. The summed E-state index contributed by atoms with van der Waals surface area (Å²) in [4.78, 5) is 25.7. The van der Waals surface area contributed by atoms with Gasteiger partial charge in [0, 0.05) is 19.5 Å². The quantitative estimate of drug-likeness (QED) is 0.862. The molecule has 2 rings (SSSR count). The Hall–Kier alpha value is -1.76. The van der Waals surface area contributed by atoms with E-state index in [1.54, 1.807) is 4.90 Å². The van der Waals surface area contributed by atoms with Gasteiger partial charge in [-0.25, -0.2) is 0 Å². The predicted octanol–water partition coefficient (Wildman–Crippen LogP) is 3.95. The van der Waals surface area contributed by atoms with Crippen LogP contribution < -0.4 is 5.32 Å². The van der Waals surface area contributed by atoms with Gasteiger partial charge < -0.3 is 10.2 Å². The molecule has 132 valence electrons. The van der Waals surface area contributed by atoms with E-state index in [0.717, 1.165) is 31.0 Å². The van der Waals surface area contributed by atoms with Crippen LogP contribution in [0.3, 0.4) is 0 Å². The first-order valence-electron chi connectivity index (χ1n) is 7.67. The minimum Gasteiger partial charge on any atom is -0.342 e. The third kappa shape index (κ3) is 4.41. The number of anilines is 1. The molecule has 1 saturated heterocycles. The van der Waals surface area contributed by atoms with Crippen LogP contribution in [-0.2, 0) is 15.8 Å². The van der Waals surface area contributed by atoms with Gasteiger partial charge in [-0.2, -0.15) is 13.2 Å². The molecule has 8 heteroatoms. The molecule has 1 unspecified atom stereocenters. The van der Waals surface area contributed by atoms with Gasteiger partial charge in [-0.1, -0.05) is 24.9 Å². The fraction of sp³-hybridized carbons (Fsp3) is 0.500. The number of nitrogens with one attached hydrogen (secondary N) is 1. The van der Waals surface area contributed by atoms with E-state index >= 15 is 0 Å². The van der Waals surface area contributed by atoms with E-state index in [0.29, 0.717) is 6.54 Å². The van der Waals surface area contributed by atoms with Crippen molar-refractivity contribution in [3.8, 4) is 0 Å². The number of hydrogen-bond acceptors (Lipinski definition) is 2. The van der Waals surface area contributed by atoms with E-state index in [9.17, 15) is 22.8 Å². The van der Waals surface area contributed by atoms with Gasteiger partial charge in [-0.15, -0.1) is 0 Å². The van der Waals surface area contributed by atoms with Crippen LogP contribution in [0.25, 0.3) is 0 Å².